The molecule has 1 saturated carbocycles. The highest BCUT2D eigenvalue weighted by atomic mass is 16.3. The van der Waals surface area contributed by atoms with Crippen LogP contribution in [0.5, 0.6) is 0 Å². The quantitative estimate of drug-likeness (QED) is 0.810. The van der Waals surface area contributed by atoms with Gasteiger partial charge in [-0.1, -0.05) is 37.1 Å². The van der Waals surface area contributed by atoms with Gasteiger partial charge in [-0.05, 0) is 50.3 Å². The summed E-state index contributed by atoms with van der Waals surface area (Å²) in [6, 6.07) is 8.28. The van der Waals surface area contributed by atoms with Crippen LogP contribution >= 0.6 is 0 Å². The van der Waals surface area contributed by atoms with E-state index >= 15 is 0 Å². The van der Waals surface area contributed by atoms with E-state index in [9.17, 15) is 9.90 Å². The summed E-state index contributed by atoms with van der Waals surface area (Å²) in [7, 11) is 1.96. The van der Waals surface area contributed by atoms with E-state index in [0.29, 0.717) is 19.0 Å². The van der Waals surface area contributed by atoms with Crippen molar-refractivity contribution in [2.75, 3.05) is 26.7 Å². The van der Waals surface area contributed by atoms with Crippen molar-refractivity contribution in [3.8, 4) is 0 Å². The van der Waals surface area contributed by atoms with E-state index in [-0.39, 0.29) is 12.0 Å². The van der Waals surface area contributed by atoms with Gasteiger partial charge in [0.25, 0.3) is 0 Å². The molecule has 0 bridgehead atoms. The number of benzene rings is 1. The molecule has 4 heteroatoms. The zero-order valence-corrected chi connectivity index (χ0v) is 14.4. The number of likely N-dealkylation sites (N-methyl/N-ethyl adjacent to an activating group) is 1. The van der Waals surface area contributed by atoms with Gasteiger partial charge in [-0.3, -0.25) is 9.69 Å². The highest BCUT2D eigenvalue weighted by Gasteiger charge is 2.24. The van der Waals surface area contributed by atoms with Crippen molar-refractivity contribution in [3.63, 3.8) is 0 Å². The van der Waals surface area contributed by atoms with E-state index in [2.05, 4.69) is 24.4 Å². The van der Waals surface area contributed by atoms with Crippen LogP contribution in [0.1, 0.15) is 36.8 Å². The minimum atomic E-state index is -0.199. The summed E-state index contributed by atoms with van der Waals surface area (Å²) in [5, 5.41) is 13.0. The number of aryl methyl sites for hydroxylation is 1. The second-order valence-corrected chi connectivity index (χ2v) is 6.84. The van der Waals surface area contributed by atoms with Crippen LogP contribution in [0.2, 0.25) is 0 Å². The fourth-order valence-corrected chi connectivity index (χ4v) is 3.39. The summed E-state index contributed by atoms with van der Waals surface area (Å²) in [5.41, 5.74) is 2.55. The molecular weight excluding hydrogens is 288 g/mol. The normalized spacial score (nSPS) is 21.4. The molecular formula is C19H30N2O2. The molecule has 1 aromatic rings. The van der Waals surface area contributed by atoms with Gasteiger partial charge in [-0.15, -0.1) is 0 Å². The van der Waals surface area contributed by atoms with Crippen molar-refractivity contribution < 1.29 is 9.90 Å². The van der Waals surface area contributed by atoms with Crippen LogP contribution in [0.25, 0.3) is 0 Å². The third kappa shape index (κ3) is 5.96. The van der Waals surface area contributed by atoms with Crippen LogP contribution in [-0.4, -0.2) is 48.7 Å². The van der Waals surface area contributed by atoms with Crippen molar-refractivity contribution in [3.05, 3.63) is 35.4 Å². The van der Waals surface area contributed by atoms with E-state index in [1.54, 1.807) is 0 Å². The Balaban J connectivity index is 1.67. The summed E-state index contributed by atoms with van der Waals surface area (Å²) in [6.45, 7) is 3.97. The molecule has 0 radical (unpaired) electrons. The van der Waals surface area contributed by atoms with E-state index in [4.69, 9.17) is 0 Å². The average molecular weight is 318 g/mol. The Kier molecular flexibility index (Phi) is 7.06. The summed E-state index contributed by atoms with van der Waals surface area (Å²) in [4.78, 5) is 14.1. The fourth-order valence-electron chi connectivity index (χ4n) is 3.39. The molecule has 1 aromatic carbocycles. The summed E-state index contributed by atoms with van der Waals surface area (Å²) >= 11 is 0. The van der Waals surface area contributed by atoms with Gasteiger partial charge >= 0.3 is 0 Å². The molecule has 128 valence electrons. The van der Waals surface area contributed by atoms with Gasteiger partial charge in [0.15, 0.2) is 0 Å². The van der Waals surface area contributed by atoms with Gasteiger partial charge in [-0.2, -0.15) is 0 Å². The maximum absolute atomic E-state index is 12.0. The van der Waals surface area contributed by atoms with E-state index in [1.807, 2.05) is 24.1 Å². The Bertz CT molecular complexity index is 504. The number of carbonyl (C=O) groups is 1. The predicted molar refractivity (Wildman–Crippen MR) is 93.4 cm³/mol. The van der Waals surface area contributed by atoms with Crippen LogP contribution in [0.4, 0.5) is 0 Å². The molecule has 0 heterocycles. The molecule has 1 aliphatic rings. The van der Waals surface area contributed by atoms with Crippen LogP contribution in [0, 0.1) is 12.8 Å². The molecule has 23 heavy (non-hydrogen) atoms. The lowest BCUT2D eigenvalue weighted by molar-refractivity contribution is -0.122. The molecule has 0 spiro atoms. The smallest absolute Gasteiger partial charge is 0.234 e. The van der Waals surface area contributed by atoms with E-state index < -0.39 is 0 Å². The maximum atomic E-state index is 12.0. The standard InChI is InChI=1S/C19H30N2O2/c1-15-7-3-4-8-16(15)11-12-20-19(23)14-21(2)13-17-9-5-6-10-18(17)22/h3-4,7-8,17-18,22H,5-6,9-14H2,1-2H3,(H,20,23). The molecule has 0 aliphatic heterocycles. The third-order valence-corrected chi connectivity index (χ3v) is 4.81. The van der Waals surface area contributed by atoms with Crippen molar-refractivity contribution in [2.45, 2.75) is 45.1 Å². The molecule has 2 unspecified atom stereocenters. The minimum Gasteiger partial charge on any atom is -0.393 e. The number of rotatable bonds is 7. The lowest BCUT2D eigenvalue weighted by atomic mass is 9.86. The first-order chi connectivity index (χ1) is 11.1. The Hall–Kier alpha value is -1.39. The number of nitrogens with zero attached hydrogens (tertiary/aromatic N) is 1. The molecule has 2 rings (SSSR count). The highest BCUT2D eigenvalue weighted by molar-refractivity contribution is 5.77. The number of hydrogen-bond acceptors (Lipinski definition) is 3. The molecule has 0 saturated heterocycles. The van der Waals surface area contributed by atoms with Gasteiger partial charge in [0.05, 0.1) is 12.6 Å². The lowest BCUT2D eigenvalue weighted by Gasteiger charge is -2.30. The summed E-state index contributed by atoms with van der Waals surface area (Å²) in [6.07, 6.45) is 4.96. The van der Waals surface area contributed by atoms with Gasteiger partial charge in [-0.25, -0.2) is 0 Å². The number of aliphatic hydroxyl groups excluding tert-OH is 1. The van der Waals surface area contributed by atoms with Crippen molar-refractivity contribution in [1.29, 1.82) is 0 Å². The predicted octanol–water partition coefficient (Wildman–Crippen LogP) is 2.14. The Morgan fingerprint density at radius 2 is 2.04 bits per heavy atom. The van der Waals surface area contributed by atoms with Gasteiger partial charge in [0.1, 0.15) is 0 Å². The number of hydrogen-bond donors (Lipinski definition) is 2. The number of carbonyl (C=O) groups excluding carboxylic acids is 1. The number of aliphatic hydroxyl groups is 1. The molecule has 1 fully saturated rings. The first-order valence-electron chi connectivity index (χ1n) is 8.74. The van der Waals surface area contributed by atoms with Crippen LogP contribution in [0.15, 0.2) is 24.3 Å². The van der Waals surface area contributed by atoms with Crippen molar-refractivity contribution in [1.82, 2.24) is 10.2 Å². The summed E-state index contributed by atoms with van der Waals surface area (Å²) in [5.74, 6) is 0.375. The maximum Gasteiger partial charge on any atom is 0.234 e. The molecule has 2 atom stereocenters. The van der Waals surface area contributed by atoms with Gasteiger partial charge in [0, 0.05) is 13.1 Å². The van der Waals surface area contributed by atoms with Gasteiger partial charge < -0.3 is 10.4 Å². The largest absolute Gasteiger partial charge is 0.393 e. The Labute approximate surface area is 139 Å². The molecule has 0 aromatic heterocycles. The van der Waals surface area contributed by atoms with E-state index in [1.165, 1.54) is 17.5 Å². The molecule has 1 aliphatic carbocycles. The molecule has 4 nitrogen and oxygen atoms in total. The van der Waals surface area contributed by atoms with Crippen molar-refractivity contribution >= 4 is 5.91 Å². The Morgan fingerprint density at radius 1 is 1.30 bits per heavy atom. The van der Waals surface area contributed by atoms with Gasteiger partial charge in [0.2, 0.25) is 5.91 Å². The fraction of sp³-hybridized carbons (Fsp3) is 0.632. The first-order valence-corrected chi connectivity index (χ1v) is 8.74. The lowest BCUT2D eigenvalue weighted by Crippen LogP contribution is -2.41. The highest BCUT2D eigenvalue weighted by Crippen LogP contribution is 2.24. The average Bonchev–Trinajstić information content (AvgIpc) is 2.51. The van der Waals surface area contributed by atoms with Crippen LogP contribution in [-0.2, 0) is 11.2 Å². The van der Waals surface area contributed by atoms with Crippen molar-refractivity contribution in [2.24, 2.45) is 5.92 Å². The first kappa shape index (κ1) is 18.0. The third-order valence-electron chi connectivity index (χ3n) is 4.81. The Morgan fingerprint density at radius 3 is 2.78 bits per heavy atom. The second kappa shape index (κ2) is 9.04. The summed E-state index contributed by atoms with van der Waals surface area (Å²) < 4.78 is 0. The zero-order valence-electron chi connectivity index (χ0n) is 14.4. The zero-order chi connectivity index (χ0) is 16.7. The second-order valence-electron chi connectivity index (χ2n) is 6.84. The minimum absolute atomic E-state index is 0.0615. The number of amides is 1. The topological polar surface area (TPSA) is 52.6 Å². The SMILES string of the molecule is Cc1ccccc1CCNC(=O)CN(C)CC1CCCCC1O. The van der Waals surface area contributed by atoms with Crippen LogP contribution < -0.4 is 5.32 Å². The van der Waals surface area contributed by atoms with E-state index in [0.717, 1.165) is 32.2 Å². The number of nitrogens with one attached hydrogen (secondary N) is 1. The monoisotopic (exact) mass is 318 g/mol. The molecule has 2 N–H and O–H groups in total. The molecule has 1 amide bonds. The van der Waals surface area contributed by atoms with Crippen LogP contribution in [0.3, 0.4) is 0 Å².